The van der Waals surface area contributed by atoms with Crippen LogP contribution in [-0.4, -0.2) is 52.4 Å². The first-order valence-electron chi connectivity index (χ1n) is 8.68. The third kappa shape index (κ3) is 5.84. The Kier molecular flexibility index (Phi) is 7.22. The quantitative estimate of drug-likeness (QED) is 0.778. The molecule has 0 aromatic heterocycles. The Morgan fingerprint density at radius 2 is 1.88 bits per heavy atom. The lowest BCUT2D eigenvalue weighted by atomic mass is 9.95. The molecule has 0 radical (unpaired) electrons. The summed E-state index contributed by atoms with van der Waals surface area (Å²) in [6.07, 6.45) is 2.33. The number of nitrogens with one attached hydrogen (secondary N) is 1. The molecule has 1 N–H and O–H groups in total. The number of ether oxygens (including phenoxy) is 1. The molecule has 1 fully saturated rings. The number of nitrogens with zero attached hydrogens (tertiary/aromatic N) is 1. The van der Waals surface area contributed by atoms with Gasteiger partial charge in [0.05, 0.1) is 12.4 Å². The minimum atomic E-state index is -3.31. The summed E-state index contributed by atoms with van der Waals surface area (Å²) >= 11 is 0. The van der Waals surface area contributed by atoms with Crippen LogP contribution in [0, 0.1) is 12.8 Å². The summed E-state index contributed by atoms with van der Waals surface area (Å²) in [5, 5.41) is 0. The van der Waals surface area contributed by atoms with Crippen LogP contribution in [0.5, 0.6) is 0 Å². The molecule has 1 aliphatic rings. The summed E-state index contributed by atoms with van der Waals surface area (Å²) in [6, 6.07) is 8.49. The highest BCUT2D eigenvalue weighted by atomic mass is 32.2. The molecule has 1 aromatic carbocycles. The van der Waals surface area contributed by atoms with Crippen molar-refractivity contribution in [2.24, 2.45) is 5.92 Å². The van der Waals surface area contributed by atoms with E-state index in [2.05, 4.69) is 47.7 Å². The van der Waals surface area contributed by atoms with Gasteiger partial charge in [-0.05, 0) is 44.3 Å². The van der Waals surface area contributed by atoms with Gasteiger partial charge in [0.15, 0.2) is 0 Å². The molecule has 1 aromatic rings. The maximum Gasteiger partial charge on any atom is 0.213 e. The van der Waals surface area contributed by atoms with E-state index in [9.17, 15) is 8.42 Å². The molecular weight excluding hydrogens is 324 g/mol. The first-order chi connectivity index (χ1) is 11.4. The number of rotatable bonds is 8. The summed E-state index contributed by atoms with van der Waals surface area (Å²) < 4.78 is 31.9. The third-order valence-electron chi connectivity index (χ3n) is 4.77. The Balaban J connectivity index is 2.09. The zero-order chi connectivity index (χ0) is 17.6. The van der Waals surface area contributed by atoms with Crippen LogP contribution in [0.4, 0.5) is 0 Å². The fourth-order valence-corrected chi connectivity index (χ4v) is 4.00. The highest BCUT2D eigenvalue weighted by Gasteiger charge is 2.26. The van der Waals surface area contributed by atoms with Gasteiger partial charge in [-0.2, -0.15) is 0 Å². The fourth-order valence-electron chi connectivity index (χ4n) is 3.06. The maximum atomic E-state index is 12.1. The Morgan fingerprint density at radius 3 is 2.46 bits per heavy atom. The Hall–Kier alpha value is -0.950. The topological polar surface area (TPSA) is 58.6 Å². The van der Waals surface area contributed by atoms with E-state index in [1.54, 1.807) is 0 Å². The fraction of sp³-hybridized carbons (Fsp3) is 0.667. The lowest BCUT2D eigenvalue weighted by Crippen LogP contribution is -2.42. The summed E-state index contributed by atoms with van der Waals surface area (Å²) in [4.78, 5) is 2.41. The van der Waals surface area contributed by atoms with Gasteiger partial charge in [0, 0.05) is 19.7 Å². The molecule has 24 heavy (non-hydrogen) atoms. The lowest BCUT2D eigenvalue weighted by molar-refractivity contribution is 0.139. The molecule has 1 heterocycles. The Bertz CT molecular complexity index is 593. The first kappa shape index (κ1) is 19.4. The largest absolute Gasteiger partial charge is 0.384 e. The molecule has 1 atom stereocenters. The number of sulfonamides is 1. The van der Waals surface area contributed by atoms with E-state index in [1.807, 2.05) is 0 Å². The number of hydrogen-bond acceptors (Lipinski definition) is 4. The van der Waals surface area contributed by atoms with E-state index in [1.165, 1.54) is 31.1 Å². The predicted molar refractivity (Wildman–Crippen MR) is 97.6 cm³/mol. The van der Waals surface area contributed by atoms with Crippen LogP contribution in [0.15, 0.2) is 24.3 Å². The van der Waals surface area contributed by atoms with Crippen molar-refractivity contribution < 1.29 is 13.2 Å². The molecule has 1 aliphatic heterocycles. The average Bonchev–Trinajstić information content (AvgIpc) is 2.56. The van der Waals surface area contributed by atoms with Crippen molar-refractivity contribution in [3.8, 4) is 0 Å². The van der Waals surface area contributed by atoms with E-state index in [0.717, 1.165) is 19.0 Å². The normalized spacial score (nSPS) is 18.6. The maximum absolute atomic E-state index is 12.1. The predicted octanol–water partition coefficient (Wildman–Crippen LogP) is 2.33. The highest BCUT2D eigenvalue weighted by molar-refractivity contribution is 7.89. The number of hydrogen-bond donors (Lipinski definition) is 1. The number of piperidine rings is 1. The Morgan fingerprint density at radius 1 is 1.25 bits per heavy atom. The second-order valence-electron chi connectivity index (χ2n) is 6.81. The van der Waals surface area contributed by atoms with Gasteiger partial charge in [-0.1, -0.05) is 36.8 Å². The van der Waals surface area contributed by atoms with E-state index in [0.29, 0.717) is 6.54 Å². The van der Waals surface area contributed by atoms with Gasteiger partial charge in [0.1, 0.15) is 0 Å². The molecule has 0 spiro atoms. The molecule has 2 rings (SSSR count). The van der Waals surface area contributed by atoms with E-state index < -0.39 is 10.0 Å². The molecule has 136 valence electrons. The van der Waals surface area contributed by atoms with Crippen molar-refractivity contribution in [2.45, 2.75) is 32.7 Å². The standard InChI is InChI=1S/C18H30N2O3S/c1-15-4-6-17(7-5-15)18(20-10-8-16(2)9-11-20)14-19-24(21,22)13-12-23-3/h4-7,16,18-19H,8-14H2,1-3H3. The van der Waals surface area contributed by atoms with Crippen LogP contribution in [-0.2, 0) is 14.8 Å². The summed E-state index contributed by atoms with van der Waals surface area (Å²) in [5.41, 5.74) is 2.38. The van der Waals surface area contributed by atoms with Crippen LogP contribution in [0.25, 0.3) is 0 Å². The van der Waals surface area contributed by atoms with E-state index in [-0.39, 0.29) is 18.4 Å². The van der Waals surface area contributed by atoms with Crippen molar-refractivity contribution in [1.82, 2.24) is 9.62 Å². The number of likely N-dealkylation sites (tertiary alicyclic amines) is 1. The van der Waals surface area contributed by atoms with Gasteiger partial charge >= 0.3 is 0 Å². The molecule has 0 saturated carbocycles. The second kappa shape index (κ2) is 8.94. The van der Waals surface area contributed by atoms with Crippen molar-refractivity contribution in [1.29, 1.82) is 0 Å². The van der Waals surface area contributed by atoms with Crippen molar-refractivity contribution in [3.05, 3.63) is 35.4 Å². The van der Waals surface area contributed by atoms with Crippen molar-refractivity contribution in [3.63, 3.8) is 0 Å². The minimum Gasteiger partial charge on any atom is -0.384 e. The van der Waals surface area contributed by atoms with Crippen LogP contribution in [0.1, 0.15) is 36.9 Å². The van der Waals surface area contributed by atoms with Crippen LogP contribution < -0.4 is 4.72 Å². The van der Waals surface area contributed by atoms with Gasteiger partial charge < -0.3 is 4.74 Å². The van der Waals surface area contributed by atoms with Gasteiger partial charge in [0.2, 0.25) is 10.0 Å². The smallest absolute Gasteiger partial charge is 0.213 e. The summed E-state index contributed by atoms with van der Waals surface area (Å²) in [5.74, 6) is 0.750. The van der Waals surface area contributed by atoms with Crippen LogP contribution >= 0.6 is 0 Å². The van der Waals surface area contributed by atoms with Gasteiger partial charge in [-0.15, -0.1) is 0 Å². The van der Waals surface area contributed by atoms with Crippen molar-refractivity contribution in [2.75, 3.05) is 39.1 Å². The molecule has 5 nitrogen and oxygen atoms in total. The summed E-state index contributed by atoms with van der Waals surface area (Å²) in [7, 11) is -1.79. The van der Waals surface area contributed by atoms with Crippen LogP contribution in [0.2, 0.25) is 0 Å². The molecule has 6 heteroatoms. The summed E-state index contributed by atoms with van der Waals surface area (Å²) in [6.45, 7) is 6.99. The van der Waals surface area contributed by atoms with E-state index >= 15 is 0 Å². The SMILES string of the molecule is COCCS(=O)(=O)NCC(c1ccc(C)cc1)N1CCC(C)CC1. The monoisotopic (exact) mass is 354 g/mol. The first-order valence-corrected chi connectivity index (χ1v) is 10.3. The number of aryl methyl sites for hydroxylation is 1. The average molecular weight is 355 g/mol. The number of methoxy groups -OCH3 is 1. The van der Waals surface area contributed by atoms with Crippen LogP contribution in [0.3, 0.4) is 0 Å². The van der Waals surface area contributed by atoms with Gasteiger partial charge in [-0.25, -0.2) is 13.1 Å². The minimum absolute atomic E-state index is 0.00114. The molecular formula is C18H30N2O3S. The molecule has 0 aliphatic carbocycles. The molecule has 0 bridgehead atoms. The van der Waals surface area contributed by atoms with Gasteiger partial charge in [0.25, 0.3) is 0 Å². The molecule has 0 amide bonds. The Labute approximate surface area is 146 Å². The number of benzene rings is 1. The molecule has 1 unspecified atom stereocenters. The third-order valence-corrected chi connectivity index (χ3v) is 6.08. The zero-order valence-electron chi connectivity index (χ0n) is 15.0. The highest BCUT2D eigenvalue weighted by Crippen LogP contribution is 2.26. The molecule has 1 saturated heterocycles. The van der Waals surface area contributed by atoms with E-state index in [4.69, 9.17) is 4.74 Å². The zero-order valence-corrected chi connectivity index (χ0v) is 15.8. The van der Waals surface area contributed by atoms with Gasteiger partial charge in [-0.3, -0.25) is 4.90 Å². The second-order valence-corrected chi connectivity index (χ2v) is 8.73. The lowest BCUT2D eigenvalue weighted by Gasteiger charge is -2.37. The van der Waals surface area contributed by atoms with Crippen molar-refractivity contribution >= 4 is 10.0 Å².